The molecule has 0 aliphatic rings. The lowest BCUT2D eigenvalue weighted by Gasteiger charge is -2.13. The van der Waals surface area contributed by atoms with Crippen LogP contribution < -0.4 is 5.32 Å². The number of ether oxygens (including phenoxy) is 1. The third-order valence-corrected chi connectivity index (χ3v) is 3.75. The Labute approximate surface area is 147 Å². The number of hydrogen-bond donors (Lipinski definition) is 1. The molecule has 1 N–H and O–H groups in total. The smallest absolute Gasteiger partial charge is 0.306 e. The number of anilines is 1. The molecule has 2 aromatic rings. The number of para-hydroxylation sites is 1. The highest BCUT2D eigenvalue weighted by Gasteiger charge is 2.11. The molecule has 0 saturated carbocycles. The molecular formula is C20H22FNO3. The largest absolute Gasteiger partial charge is 0.456 e. The van der Waals surface area contributed by atoms with E-state index in [0.717, 1.165) is 16.8 Å². The van der Waals surface area contributed by atoms with E-state index >= 15 is 0 Å². The number of rotatable bonds is 7. The van der Waals surface area contributed by atoms with Crippen LogP contribution in [0.4, 0.5) is 10.1 Å². The Kier molecular flexibility index (Phi) is 6.69. The first-order valence-electron chi connectivity index (χ1n) is 8.24. The molecule has 0 radical (unpaired) electrons. The van der Waals surface area contributed by atoms with Crippen LogP contribution in [0.2, 0.25) is 0 Å². The number of esters is 1. The number of benzene rings is 2. The van der Waals surface area contributed by atoms with Crippen LogP contribution in [0.25, 0.3) is 0 Å². The minimum Gasteiger partial charge on any atom is -0.456 e. The monoisotopic (exact) mass is 343 g/mol. The fraction of sp³-hybridized carbons (Fsp3) is 0.300. The molecule has 0 saturated heterocycles. The van der Waals surface area contributed by atoms with Crippen LogP contribution in [-0.4, -0.2) is 18.5 Å². The number of carbonyl (C=O) groups is 2. The highest BCUT2D eigenvalue weighted by molar-refractivity contribution is 5.93. The first-order valence-corrected chi connectivity index (χ1v) is 8.24. The molecule has 0 bridgehead atoms. The first kappa shape index (κ1) is 18.6. The summed E-state index contributed by atoms with van der Waals surface area (Å²) < 4.78 is 17.8. The fourth-order valence-corrected chi connectivity index (χ4v) is 2.42. The zero-order chi connectivity index (χ0) is 18.2. The van der Waals surface area contributed by atoms with Crippen LogP contribution in [0.15, 0.2) is 48.5 Å². The number of amides is 1. The van der Waals surface area contributed by atoms with Crippen molar-refractivity contribution >= 4 is 17.6 Å². The van der Waals surface area contributed by atoms with E-state index in [1.807, 2.05) is 38.1 Å². The van der Waals surface area contributed by atoms with Crippen LogP contribution >= 0.6 is 0 Å². The lowest BCUT2D eigenvalue weighted by atomic mass is 10.0. The second-order valence-electron chi connectivity index (χ2n) is 6.08. The van der Waals surface area contributed by atoms with E-state index < -0.39 is 5.97 Å². The van der Waals surface area contributed by atoms with Gasteiger partial charge in [-0.3, -0.25) is 9.59 Å². The molecule has 0 fully saturated rings. The van der Waals surface area contributed by atoms with Crippen LogP contribution in [0.3, 0.4) is 0 Å². The molecule has 0 aliphatic carbocycles. The van der Waals surface area contributed by atoms with Gasteiger partial charge in [0.1, 0.15) is 5.82 Å². The summed E-state index contributed by atoms with van der Waals surface area (Å²) in [7, 11) is 0. The van der Waals surface area contributed by atoms with Crippen molar-refractivity contribution in [2.24, 2.45) is 0 Å². The molecule has 132 valence electrons. The number of hydrogen-bond acceptors (Lipinski definition) is 3. The van der Waals surface area contributed by atoms with Crippen molar-refractivity contribution in [3.05, 3.63) is 65.5 Å². The van der Waals surface area contributed by atoms with Gasteiger partial charge in [0.05, 0.1) is 0 Å². The summed E-state index contributed by atoms with van der Waals surface area (Å²) in [4.78, 5) is 23.7. The summed E-state index contributed by atoms with van der Waals surface area (Å²) >= 11 is 0. The van der Waals surface area contributed by atoms with E-state index in [0.29, 0.717) is 6.42 Å². The third-order valence-electron chi connectivity index (χ3n) is 3.75. The molecule has 0 spiro atoms. The molecule has 5 heteroatoms. The normalized spacial score (nSPS) is 10.6. The average molecular weight is 343 g/mol. The van der Waals surface area contributed by atoms with E-state index in [2.05, 4.69) is 5.32 Å². The van der Waals surface area contributed by atoms with Crippen LogP contribution in [0, 0.1) is 5.82 Å². The molecule has 0 heterocycles. The Bertz CT molecular complexity index is 726. The van der Waals surface area contributed by atoms with E-state index in [1.165, 1.54) is 12.1 Å². The van der Waals surface area contributed by atoms with Crippen LogP contribution in [0.5, 0.6) is 0 Å². The predicted molar refractivity (Wildman–Crippen MR) is 94.8 cm³/mol. The Morgan fingerprint density at radius 3 is 2.44 bits per heavy atom. The Morgan fingerprint density at radius 1 is 1.08 bits per heavy atom. The van der Waals surface area contributed by atoms with E-state index in [9.17, 15) is 14.0 Å². The van der Waals surface area contributed by atoms with Gasteiger partial charge in [-0.25, -0.2) is 4.39 Å². The maximum Gasteiger partial charge on any atom is 0.306 e. The van der Waals surface area contributed by atoms with Gasteiger partial charge in [-0.2, -0.15) is 0 Å². The topological polar surface area (TPSA) is 55.4 Å². The highest BCUT2D eigenvalue weighted by Crippen LogP contribution is 2.23. The lowest BCUT2D eigenvalue weighted by molar-refractivity contribution is -0.147. The fourth-order valence-electron chi connectivity index (χ4n) is 2.42. The van der Waals surface area contributed by atoms with Crippen molar-refractivity contribution in [2.45, 2.75) is 32.6 Å². The molecule has 25 heavy (non-hydrogen) atoms. The summed E-state index contributed by atoms with van der Waals surface area (Å²) in [6.07, 6.45) is 0.582. The van der Waals surface area contributed by atoms with Gasteiger partial charge in [-0.05, 0) is 41.7 Å². The van der Waals surface area contributed by atoms with Crippen molar-refractivity contribution < 1.29 is 18.7 Å². The zero-order valence-corrected chi connectivity index (χ0v) is 14.4. The minimum absolute atomic E-state index is 0.140. The molecule has 0 aliphatic heterocycles. The molecule has 0 unspecified atom stereocenters. The van der Waals surface area contributed by atoms with Crippen LogP contribution in [0.1, 0.15) is 37.3 Å². The zero-order valence-electron chi connectivity index (χ0n) is 14.4. The van der Waals surface area contributed by atoms with Gasteiger partial charge >= 0.3 is 5.97 Å². The summed E-state index contributed by atoms with van der Waals surface area (Å²) in [6, 6.07) is 13.5. The van der Waals surface area contributed by atoms with Gasteiger partial charge in [0.15, 0.2) is 6.61 Å². The van der Waals surface area contributed by atoms with Crippen molar-refractivity contribution in [1.29, 1.82) is 0 Å². The van der Waals surface area contributed by atoms with E-state index in [4.69, 9.17) is 4.74 Å². The molecular weight excluding hydrogens is 321 g/mol. The van der Waals surface area contributed by atoms with Gasteiger partial charge < -0.3 is 10.1 Å². The van der Waals surface area contributed by atoms with Crippen molar-refractivity contribution in [3.63, 3.8) is 0 Å². The van der Waals surface area contributed by atoms with E-state index in [1.54, 1.807) is 12.1 Å². The number of aryl methyl sites for hydroxylation is 1. The Balaban J connectivity index is 1.78. The maximum atomic E-state index is 12.8. The SMILES string of the molecule is CC(C)c1ccccc1NC(=O)COC(=O)CCc1ccc(F)cc1. The van der Waals surface area contributed by atoms with Gasteiger partial charge in [0.25, 0.3) is 5.91 Å². The molecule has 1 amide bonds. The molecule has 0 aromatic heterocycles. The molecule has 2 rings (SSSR count). The Morgan fingerprint density at radius 2 is 1.76 bits per heavy atom. The second kappa shape index (κ2) is 8.97. The van der Waals surface area contributed by atoms with Gasteiger partial charge in [0.2, 0.25) is 0 Å². The lowest BCUT2D eigenvalue weighted by Crippen LogP contribution is -2.21. The third kappa shape index (κ3) is 6.03. The quantitative estimate of drug-likeness (QED) is 0.771. The second-order valence-corrected chi connectivity index (χ2v) is 6.08. The van der Waals surface area contributed by atoms with Crippen LogP contribution in [-0.2, 0) is 20.7 Å². The standard InChI is InChI=1S/C20H22FNO3/c1-14(2)17-5-3-4-6-18(17)22-19(23)13-25-20(24)12-9-15-7-10-16(21)11-8-15/h3-8,10-11,14H,9,12-13H2,1-2H3,(H,22,23). The highest BCUT2D eigenvalue weighted by atomic mass is 19.1. The minimum atomic E-state index is -0.461. The predicted octanol–water partition coefficient (Wildman–Crippen LogP) is 4.06. The van der Waals surface area contributed by atoms with Crippen molar-refractivity contribution in [1.82, 2.24) is 0 Å². The number of carbonyl (C=O) groups excluding carboxylic acids is 2. The first-order chi connectivity index (χ1) is 12.0. The Hall–Kier alpha value is -2.69. The molecule has 4 nitrogen and oxygen atoms in total. The van der Waals surface area contributed by atoms with Crippen molar-refractivity contribution in [2.75, 3.05) is 11.9 Å². The number of halogens is 1. The van der Waals surface area contributed by atoms with E-state index in [-0.39, 0.29) is 30.7 Å². The summed E-state index contributed by atoms with van der Waals surface area (Å²) in [5.74, 6) is -0.876. The summed E-state index contributed by atoms with van der Waals surface area (Å²) in [5.41, 5.74) is 2.59. The molecule has 0 atom stereocenters. The summed E-state index contributed by atoms with van der Waals surface area (Å²) in [6.45, 7) is 3.76. The van der Waals surface area contributed by atoms with Gasteiger partial charge in [0, 0.05) is 12.1 Å². The number of nitrogens with one attached hydrogen (secondary N) is 1. The summed E-state index contributed by atoms with van der Waals surface area (Å²) in [5, 5.41) is 2.77. The average Bonchev–Trinajstić information content (AvgIpc) is 2.59. The molecule has 2 aromatic carbocycles. The van der Waals surface area contributed by atoms with Gasteiger partial charge in [-0.1, -0.05) is 44.2 Å². The van der Waals surface area contributed by atoms with Gasteiger partial charge in [-0.15, -0.1) is 0 Å². The van der Waals surface area contributed by atoms with Crippen molar-refractivity contribution in [3.8, 4) is 0 Å². The maximum absolute atomic E-state index is 12.8.